The van der Waals surface area contributed by atoms with Gasteiger partial charge in [0.25, 0.3) is 0 Å². The molecule has 0 heterocycles. The zero-order valence-electron chi connectivity index (χ0n) is 10.6. The maximum atomic E-state index is 5.96. The number of rotatable bonds is 4. The van der Waals surface area contributed by atoms with Crippen molar-refractivity contribution in [2.45, 2.75) is 13.3 Å². The smallest absolute Gasteiger partial charge is 0.130 e. The van der Waals surface area contributed by atoms with Crippen molar-refractivity contribution in [1.29, 1.82) is 0 Å². The van der Waals surface area contributed by atoms with Gasteiger partial charge in [0.15, 0.2) is 0 Å². The van der Waals surface area contributed by atoms with Crippen LogP contribution in [0.3, 0.4) is 0 Å². The van der Waals surface area contributed by atoms with E-state index in [1.165, 1.54) is 5.56 Å². The van der Waals surface area contributed by atoms with E-state index in [-0.39, 0.29) is 0 Å². The van der Waals surface area contributed by atoms with Crippen LogP contribution < -0.4 is 10.5 Å². The Labute approximate surface area is 123 Å². The SMILES string of the molecule is Cc1ccc(Oc2cc(Cl)cc(Cl)c2)c(CCN)c1. The van der Waals surface area contributed by atoms with Gasteiger partial charge in [-0.15, -0.1) is 0 Å². The predicted octanol–water partition coefficient (Wildman–Crippen LogP) is 4.60. The number of halogens is 2. The first kappa shape index (κ1) is 14.2. The van der Waals surface area contributed by atoms with Gasteiger partial charge in [0.05, 0.1) is 0 Å². The summed E-state index contributed by atoms with van der Waals surface area (Å²) in [6, 6.07) is 11.2. The highest BCUT2D eigenvalue weighted by Crippen LogP contribution is 2.30. The first-order valence-electron chi connectivity index (χ1n) is 6.02. The maximum absolute atomic E-state index is 5.96. The van der Waals surface area contributed by atoms with Gasteiger partial charge in [-0.25, -0.2) is 0 Å². The molecule has 2 rings (SSSR count). The Hall–Kier alpha value is -1.22. The first-order chi connectivity index (χ1) is 9.08. The van der Waals surface area contributed by atoms with Gasteiger partial charge in [-0.1, -0.05) is 40.9 Å². The van der Waals surface area contributed by atoms with Crippen molar-refractivity contribution in [2.24, 2.45) is 5.73 Å². The van der Waals surface area contributed by atoms with Gasteiger partial charge in [-0.3, -0.25) is 0 Å². The molecule has 0 fully saturated rings. The van der Waals surface area contributed by atoms with Crippen LogP contribution in [0.2, 0.25) is 10.0 Å². The summed E-state index contributed by atoms with van der Waals surface area (Å²) in [5.74, 6) is 1.41. The van der Waals surface area contributed by atoms with E-state index in [0.717, 1.165) is 17.7 Å². The van der Waals surface area contributed by atoms with E-state index < -0.39 is 0 Å². The molecule has 0 spiro atoms. The van der Waals surface area contributed by atoms with E-state index in [1.807, 2.05) is 19.1 Å². The van der Waals surface area contributed by atoms with Gasteiger partial charge in [-0.05, 0) is 49.7 Å². The molecule has 0 unspecified atom stereocenters. The molecule has 100 valence electrons. The largest absolute Gasteiger partial charge is 0.457 e. The molecule has 0 radical (unpaired) electrons. The lowest BCUT2D eigenvalue weighted by Gasteiger charge is -2.12. The number of nitrogens with two attached hydrogens (primary N) is 1. The van der Waals surface area contributed by atoms with E-state index in [9.17, 15) is 0 Å². The highest BCUT2D eigenvalue weighted by molar-refractivity contribution is 6.34. The minimum Gasteiger partial charge on any atom is -0.457 e. The minimum absolute atomic E-state index is 0.551. The Kier molecular flexibility index (Phi) is 4.70. The van der Waals surface area contributed by atoms with Crippen LogP contribution in [0.1, 0.15) is 11.1 Å². The fraction of sp³-hybridized carbons (Fsp3) is 0.200. The second-order valence-corrected chi connectivity index (χ2v) is 5.23. The second kappa shape index (κ2) is 6.29. The molecule has 19 heavy (non-hydrogen) atoms. The van der Waals surface area contributed by atoms with Crippen LogP contribution in [0.5, 0.6) is 11.5 Å². The Bertz CT molecular complexity index is 564. The molecule has 0 atom stereocenters. The Balaban J connectivity index is 2.31. The molecule has 0 aliphatic heterocycles. The van der Waals surface area contributed by atoms with Crippen molar-refractivity contribution < 1.29 is 4.74 Å². The summed E-state index contributed by atoms with van der Waals surface area (Å²) < 4.78 is 5.85. The second-order valence-electron chi connectivity index (χ2n) is 4.36. The fourth-order valence-electron chi connectivity index (χ4n) is 1.87. The van der Waals surface area contributed by atoms with Gasteiger partial charge in [0, 0.05) is 10.0 Å². The van der Waals surface area contributed by atoms with Gasteiger partial charge >= 0.3 is 0 Å². The van der Waals surface area contributed by atoms with E-state index in [1.54, 1.807) is 18.2 Å². The molecule has 2 N–H and O–H groups in total. The monoisotopic (exact) mass is 295 g/mol. The molecule has 0 saturated heterocycles. The average molecular weight is 296 g/mol. The van der Waals surface area contributed by atoms with Crippen LogP contribution in [0.25, 0.3) is 0 Å². The Morgan fingerprint density at radius 1 is 1.05 bits per heavy atom. The molecule has 0 aliphatic carbocycles. The van der Waals surface area contributed by atoms with Gasteiger partial charge < -0.3 is 10.5 Å². The lowest BCUT2D eigenvalue weighted by molar-refractivity contribution is 0.476. The average Bonchev–Trinajstić information content (AvgIpc) is 2.32. The van der Waals surface area contributed by atoms with Gasteiger partial charge in [0.2, 0.25) is 0 Å². The summed E-state index contributed by atoms with van der Waals surface area (Å²) in [6.07, 6.45) is 0.769. The first-order valence-corrected chi connectivity index (χ1v) is 6.77. The van der Waals surface area contributed by atoms with E-state index in [0.29, 0.717) is 22.3 Å². The summed E-state index contributed by atoms with van der Waals surface area (Å²) in [6.45, 7) is 2.62. The third-order valence-corrected chi connectivity index (χ3v) is 3.13. The molecule has 4 heteroatoms. The van der Waals surface area contributed by atoms with Crippen molar-refractivity contribution in [3.05, 3.63) is 57.6 Å². The Morgan fingerprint density at radius 2 is 1.74 bits per heavy atom. The lowest BCUT2D eigenvalue weighted by atomic mass is 10.1. The highest BCUT2D eigenvalue weighted by atomic mass is 35.5. The van der Waals surface area contributed by atoms with Crippen LogP contribution in [-0.4, -0.2) is 6.54 Å². The summed E-state index contributed by atoms with van der Waals surface area (Å²) in [4.78, 5) is 0. The summed E-state index contributed by atoms with van der Waals surface area (Å²) in [5, 5.41) is 1.10. The number of benzene rings is 2. The van der Waals surface area contributed by atoms with Gasteiger partial charge in [-0.2, -0.15) is 0 Å². The molecular formula is C15H15Cl2NO. The van der Waals surface area contributed by atoms with E-state index in [4.69, 9.17) is 33.7 Å². The summed E-state index contributed by atoms with van der Waals surface area (Å²) in [5.41, 5.74) is 7.89. The van der Waals surface area contributed by atoms with E-state index >= 15 is 0 Å². The molecule has 2 aromatic rings. The topological polar surface area (TPSA) is 35.2 Å². The zero-order valence-corrected chi connectivity index (χ0v) is 12.1. The highest BCUT2D eigenvalue weighted by Gasteiger charge is 2.06. The number of aryl methyl sites for hydroxylation is 1. The van der Waals surface area contributed by atoms with E-state index in [2.05, 4.69) is 6.07 Å². The molecule has 0 aromatic heterocycles. The van der Waals surface area contributed by atoms with Crippen LogP contribution in [0, 0.1) is 6.92 Å². The minimum atomic E-state index is 0.551. The number of hydrogen-bond acceptors (Lipinski definition) is 2. The van der Waals surface area contributed by atoms with Crippen molar-refractivity contribution >= 4 is 23.2 Å². The zero-order chi connectivity index (χ0) is 13.8. The number of ether oxygens (including phenoxy) is 1. The van der Waals surface area contributed by atoms with Crippen molar-refractivity contribution in [2.75, 3.05) is 6.54 Å². The molecule has 2 aromatic carbocycles. The van der Waals surface area contributed by atoms with Crippen molar-refractivity contribution in [3.8, 4) is 11.5 Å². The van der Waals surface area contributed by atoms with Crippen LogP contribution in [0.4, 0.5) is 0 Å². The summed E-state index contributed by atoms with van der Waals surface area (Å²) in [7, 11) is 0. The maximum Gasteiger partial charge on any atom is 0.130 e. The van der Waals surface area contributed by atoms with Crippen LogP contribution in [0.15, 0.2) is 36.4 Å². The molecule has 0 aliphatic rings. The number of hydrogen-bond donors (Lipinski definition) is 1. The van der Waals surface area contributed by atoms with Crippen molar-refractivity contribution in [3.63, 3.8) is 0 Å². The third-order valence-electron chi connectivity index (χ3n) is 2.69. The quantitative estimate of drug-likeness (QED) is 0.895. The molecule has 0 amide bonds. The molecule has 0 saturated carbocycles. The normalized spacial score (nSPS) is 10.5. The Morgan fingerprint density at radius 3 is 2.37 bits per heavy atom. The van der Waals surface area contributed by atoms with Crippen LogP contribution in [-0.2, 0) is 6.42 Å². The molecule has 2 nitrogen and oxygen atoms in total. The lowest BCUT2D eigenvalue weighted by Crippen LogP contribution is -2.04. The third kappa shape index (κ3) is 3.87. The van der Waals surface area contributed by atoms with Crippen molar-refractivity contribution in [1.82, 2.24) is 0 Å². The summed E-state index contributed by atoms with van der Waals surface area (Å²) >= 11 is 11.9. The molecule has 0 bridgehead atoms. The molecular weight excluding hydrogens is 281 g/mol. The fourth-order valence-corrected chi connectivity index (χ4v) is 2.38. The van der Waals surface area contributed by atoms with Gasteiger partial charge in [0.1, 0.15) is 11.5 Å². The standard InChI is InChI=1S/C15H15Cl2NO/c1-10-2-3-15(11(6-10)4-5-18)19-14-8-12(16)7-13(17)9-14/h2-3,6-9H,4-5,18H2,1H3. The predicted molar refractivity (Wildman–Crippen MR) is 80.5 cm³/mol. The van der Waals surface area contributed by atoms with Crippen LogP contribution >= 0.6 is 23.2 Å².